The maximum absolute atomic E-state index is 13.0. The lowest BCUT2D eigenvalue weighted by atomic mass is 10.1. The van der Waals surface area contributed by atoms with Crippen LogP contribution in [0.4, 0.5) is 4.39 Å². The lowest BCUT2D eigenvalue weighted by Gasteiger charge is -2.04. The van der Waals surface area contributed by atoms with Crippen molar-refractivity contribution < 1.29 is 9.18 Å². The third-order valence-corrected chi connectivity index (χ3v) is 3.86. The minimum absolute atomic E-state index is 0.0185. The van der Waals surface area contributed by atoms with E-state index in [1.54, 1.807) is 4.68 Å². The van der Waals surface area contributed by atoms with Crippen molar-refractivity contribution in [1.29, 1.82) is 0 Å². The first-order chi connectivity index (χ1) is 9.01. The van der Waals surface area contributed by atoms with Gasteiger partial charge < -0.3 is 0 Å². The maximum atomic E-state index is 13.0. The molecule has 0 saturated heterocycles. The molecule has 19 heavy (non-hydrogen) atoms. The minimum atomic E-state index is -0.324. The molecule has 0 N–H and O–H groups in total. The van der Waals surface area contributed by atoms with Gasteiger partial charge in [-0.25, -0.2) is 4.39 Å². The average Bonchev–Trinajstić information content (AvgIpc) is 2.70. The van der Waals surface area contributed by atoms with Gasteiger partial charge in [0.2, 0.25) is 0 Å². The molecule has 1 aromatic heterocycles. The average molecular weight is 372 g/mol. The number of aryl methyl sites for hydroxylation is 2. The number of Topliss-reactive ketones (excluding diaryl/α,β-unsaturated/α-hetero) is 1. The largest absolute Gasteiger partial charge is 0.294 e. The molecule has 0 aliphatic heterocycles. The number of rotatable bonds is 4. The summed E-state index contributed by atoms with van der Waals surface area (Å²) in [6, 6.07) is 6.16. The van der Waals surface area contributed by atoms with Gasteiger partial charge in [0.25, 0.3) is 0 Å². The fourth-order valence-corrected chi connectivity index (χ4v) is 2.66. The quantitative estimate of drug-likeness (QED) is 0.611. The number of aromatic nitrogens is 2. The van der Waals surface area contributed by atoms with Crippen molar-refractivity contribution in [2.24, 2.45) is 7.05 Å². The summed E-state index contributed by atoms with van der Waals surface area (Å²) >= 11 is 1.98. The maximum Gasteiger partial charge on any atom is 0.169 e. The molecule has 0 bridgehead atoms. The number of hydrogen-bond donors (Lipinski definition) is 0. The molecule has 0 saturated carbocycles. The van der Waals surface area contributed by atoms with Crippen LogP contribution in [-0.4, -0.2) is 15.6 Å². The molecule has 3 nitrogen and oxygen atoms in total. The van der Waals surface area contributed by atoms with Crippen molar-refractivity contribution in [1.82, 2.24) is 9.78 Å². The summed E-state index contributed by atoms with van der Waals surface area (Å²) in [6.07, 6.45) is 1.13. The molecular formula is C14H14FIN2O. The van der Waals surface area contributed by atoms with Crippen LogP contribution < -0.4 is 0 Å². The summed E-state index contributed by atoms with van der Waals surface area (Å²) < 4.78 is 15.4. The first-order valence-corrected chi connectivity index (χ1v) is 7.09. The van der Waals surface area contributed by atoms with E-state index in [2.05, 4.69) is 5.10 Å². The Morgan fingerprint density at radius 3 is 2.74 bits per heavy atom. The van der Waals surface area contributed by atoms with Gasteiger partial charge in [-0.2, -0.15) is 5.10 Å². The lowest BCUT2D eigenvalue weighted by molar-refractivity contribution is 0.0990. The summed E-state index contributed by atoms with van der Waals surface area (Å²) in [6.45, 7) is 2.02. The van der Waals surface area contributed by atoms with Crippen molar-refractivity contribution in [2.45, 2.75) is 19.8 Å². The molecule has 0 fully saturated rings. The molecule has 0 aliphatic rings. The van der Waals surface area contributed by atoms with Crippen LogP contribution in [0, 0.1) is 9.39 Å². The zero-order valence-electron chi connectivity index (χ0n) is 10.8. The smallest absolute Gasteiger partial charge is 0.169 e. The Morgan fingerprint density at radius 1 is 1.42 bits per heavy atom. The number of benzene rings is 1. The van der Waals surface area contributed by atoms with Crippen molar-refractivity contribution in [3.63, 3.8) is 0 Å². The molecule has 2 rings (SSSR count). The molecule has 100 valence electrons. The fraction of sp³-hybridized carbons (Fsp3) is 0.286. The molecule has 0 unspecified atom stereocenters. The third-order valence-electron chi connectivity index (χ3n) is 2.96. The van der Waals surface area contributed by atoms with E-state index < -0.39 is 0 Å². The minimum Gasteiger partial charge on any atom is -0.294 e. The van der Waals surface area contributed by atoms with Crippen LogP contribution in [0.25, 0.3) is 0 Å². The Hall–Kier alpha value is -1.24. The molecule has 2 aromatic rings. The van der Waals surface area contributed by atoms with E-state index in [1.807, 2.05) is 42.6 Å². The van der Waals surface area contributed by atoms with Gasteiger partial charge in [-0.15, -0.1) is 0 Å². The molecule has 5 heteroatoms. The Labute approximate surface area is 125 Å². The van der Waals surface area contributed by atoms with Gasteiger partial charge in [-0.1, -0.05) is 6.92 Å². The van der Waals surface area contributed by atoms with Crippen molar-refractivity contribution in [3.8, 4) is 0 Å². The Bertz CT molecular complexity index is 622. The molecular weight excluding hydrogens is 358 g/mol. The Balaban J connectivity index is 2.23. The van der Waals surface area contributed by atoms with Gasteiger partial charge in [-0.3, -0.25) is 9.48 Å². The summed E-state index contributed by atoms with van der Waals surface area (Å²) in [5.74, 6) is -0.343. The molecule has 0 amide bonds. The van der Waals surface area contributed by atoms with Crippen LogP contribution in [0.3, 0.4) is 0 Å². The SMILES string of the molecule is CCc1cc(CC(=O)c2ccc(F)cc2I)n(C)n1. The van der Waals surface area contributed by atoms with E-state index in [1.165, 1.54) is 18.2 Å². The predicted molar refractivity (Wildman–Crippen MR) is 79.7 cm³/mol. The number of ketones is 1. The monoisotopic (exact) mass is 372 g/mol. The van der Waals surface area contributed by atoms with Crippen LogP contribution in [0.15, 0.2) is 24.3 Å². The van der Waals surface area contributed by atoms with Gasteiger partial charge in [-0.05, 0) is 53.3 Å². The van der Waals surface area contributed by atoms with Gasteiger partial charge >= 0.3 is 0 Å². The first-order valence-electron chi connectivity index (χ1n) is 6.01. The second-order valence-corrected chi connectivity index (χ2v) is 5.49. The third kappa shape index (κ3) is 3.20. The molecule has 1 aromatic carbocycles. The van der Waals surface area contributed by atoms with Gasteiger partial charge in [0.05, 0.1) is 12.1 Å². The molecule has 0 radical (unpaired) electrons. The fourth-order valence-electron chi connectivity index (χ4n) is 1.89. The molecule has 1 heterocycles. The number of carbonyl (C=O) groups excluding carboxylic acids is 1. The van der Waals surface area contributed by atoms with E-state index in [-0.39, 0.29) is 18.0 Å². The van der Waals surface area contributed by atoms with E-state index in [0.717, 1.165) is 17.8 Å². The summed E-state index contributed by atoms with van der Waals surface area (Å²) in [4.78, 5) is 12.2. The summed E-state index contributed by atoms with van der Waals surface area (Å²) in [7, 11) is 1.83. The van der Waals surface area contributed by atoms with E-state index in [4.69, 9.17) is 0 Å². The van der Waals surface area contributed by atoms with Crippen molar-refractivity contribution in [3.05, 3.63) is 50.6 Å². The highest BCUT2D eigenvalue weighted by molar-refractivity contribution is 14.1. The van der Waals surface area contributed by atoms with Crippen LogP contribution >= 0.6 is 22.6 Å². The zero-order valence-corrected chi connectivity index (χ0v) is 12.9. The van der Waals surface area contributed by atoms with Gasteiger partial charge in [0.1, 0.15) is 5.82 Å². The molecule has 0 atom stereocenters. The normalized spacial score (nSPS) is 10.7. The Morgan fingerprint density at radius 2 is 2.16 bits per heavy atom. The lowest BCUT2D eigenvalue weighted by Crippen LogP contribution is -2.09. The second-order valence-electron chi connectivity index (χ2n) is 4.33. The van der Waals surface area contributed by atoms with Crippen molar-refractivity contribution in [2.75, 3.05) is 0 Å². The number of halogens is 2. The van der Waals surface area contributed by atoms with Crippen molar-refractivity contribution >= 4 is 28.4 Å². The zero-order chi connectivity index (χ0) is 14.0. The number of hydrogen-bond acceptors (Lipinski definition) is 2. The van der Waals surface area contributed by atoms with Crippen LogP contribution in [-0.2, 0) is 19.9 Å². The predicted octanol–water partition coefficient (Wildman–Crippen LogP) is 3.15. The summed E-state index contributed by atoms with van der Waals surface area (Å²) in [5, 5.41) is 4.31. The highest BCUT2D eigenvalue weighted by Crippen LogP contribution is 2.17. The highest BCUT2D eigenvalue weighted by Gasteiger charge is 2.14. The summed E-state index contributed by atoms with van der Waals surface area (Å²) in [5.41, 5.74) is 2.40. The van der Waals surface area contributed by atoms with E-state index >= 15 is 0 Å². The van der Waals surface area contributed by atoms with Crippen LogP contribution in [0.2, 0.25) is 0 Å². The first kappa shape index (κ1) is 14.2. The van der Waals surface area contributed by atoms with E-state index in [0.29, 0.717) is 9.13 Å². The second kappa shape index (κ2) is 5.81. The van der Waals surface area contributed by atoms with Gasteiger partial charge in [0.15, 0.2) is 5.78 Å². The number of carbonyl (C=O) groups is 1. The van der Waals surface area contributed by atoms with E-state index in [9.17, 15) is 9.18 Å². The van der Waals surface area contributed by atoms with Gasteiger partial charge in [0, 0.05) is 21.9 Å². The van der Waals surface area contributed by atoms with Crippen LogP contribution in [0.1, 0.15) is 28.7 Å². The number of nitrogens with zero attached hydrogens (tertiary/aromatic N) is 2. The Kier molecular flexibility index (Phi) is 4.34. The van der Waals surface area contributed by atoms with Crippen LogP contribution in [0.5, 0.6) is 0 Å². The molecule has 0 spiro atoms. The standard InChI is InChI=1S/C14H14FIN2O/c1-3-10-7-11(18(2)17-10)8-14(19)12-5-4-9(15)6-13(12)16/h4-7H,3,8H2,1-2H3. The topological polar surface area (TPSA) is 34.9 Å². The highest BCUT2D eigenvalue weighted by atomic mass is 127. The molecule has 0 aliphatic carbocycles.